The van der Waals surface area contributed by atoms with Gasteiger partial charge in [0, 0.05) is 59.1 Å². The van der Waals surface area contributed by atoms with Crippen molar-refractivity contribution < 1.29 is 19.1 Å². The first-order valence-corrected chi connectivity index (χ1v) is 18.8. The van der Waals surface area contributed by atoms with E-state index in [1.54, 1.807) is 14.0 Å². The van der Waals surface area contributed by atoms with Crippen molar-refractivity contribution >= 4 is 45.9 Å². The maximum atomic E-state index is 12.8. The van der Waals surface area contributed by atoms with Gasteiger partial charge in [0.2, 0.25) is 0 Å². The van der Waals surface area contributed by atoms with E-state index in [0.29, 0.717) is 18.6 Å². The fourth-order valence-corrected chi connectivity index (χ4v) is 6.62. The van der Waals surface area contributed by atoms with E-state index in [0.717, 1.165) is 89.5 Å². The predicted molar refractivity (Wildman–Crippen MR) is 221 cm³/mol. The number of carbonyl (C=O) groups is 2. The second kappa shape index (κ2) is 19.1. The van der Waals surface area contributed by atoms with Gasteiger partial charge in [-0.2, -0.15) is 0 Å². The van der Waals surface area contributed by atoms with Gasteiger partial charge in [-0.25, -0.2) is 0 Å². The molecule has 54 heavy (non-hydrogen) atoms. The number of unbranched alkanes of at least 4 members (excludes halogenated alkanes) is 5. The molecular weight excluding hydrogens is 669 g/mol. The van der Waals surface area contributed by atoms with Crippen LogP contribution in [0.1, 0.15) is 58.3 Å². The number of nitrogens with zero attached hydrogens (tertiary/aromatic N) is 2. The van der Waals surface area contributed by atoms with E-state index in [4.69, 9.17) is 9.47 Å². The minimum absolute atomic E-state index is 0.222. The third kappa shape index (κ3) is 10.3. The van der Waals surface area contributed by atoms with Crippen LogP contribution in [0.25, 0.3) is 11.1 Å². The van der Waals surface area contributed by atoms with Crippen LogP contribution in [0.15, 0.2) is 158 Å². The predicted octanol–water partition coefficient (Wildman–Crippen LogP) is 12.9. The molecule has 0 aliphatic heterocycles. The Kier molecular flexibility index (Phi) is 13.3. The van der Waals surface area contributed by atoms with Gasteiger partial charge in [0.15, 0.2) is 0 Å². The fourth-order valence-electron chi connectivity index (χ4n) is 6.62. The van der Waals surface area contributed by atoms with E-state index < -0.39 is 0 Å². The van der Waals surface area contributed by atoms with Crippen LogP contribution in [0.2, 0.25) is 0 Å². The number of ketones is 1. The number of hydrogen-bond donors (Lipinski definition) is 0. The van der Waals surface area contributed by atoms with Crippen molar-refractivity contribution in [1.29, 1.82) is 0 Å². The van der Waals surface area contributed by atoms with Gasteiger partial charge >= 0.3 is 5.97 Å². The van der Waals surface area contributed by atoms with Crippen molar-refractivity contribution in [2.24, 2.45) is 0 Å². The van der Waals surface area contributed by atoms with Gasteiger partial charge in [-0.15, -0.1) is 0 Å². The van der Waals surface area contributed by atoms with Crippen LogP contribution in [-0.4, -0.2) is 18.9 Å². The lowest BCUT2D eigenvalue weighted by Gasteiger charge is -2.26. The van der Waals surface area contributed by atoms with E-state index in [1.165, 1.54) is 0 Å². The SMILES string of the molecule is COc1cccc(N(c2ccccc2)c2ccc(-c3ccc(N(c4ccccc4)c4cccc(OC(=O)CCCCCCCCC(C)=O)c4)cc3)cc2)c1. The van der Waals surface area contributed by atoms with Crippen LogP contribution in [0.4, 0.5) is 34.1 Å². The van der Waals surface area contributed by atoms with Crippen molar-refractivity contribution in [3.8, 4) is 22.6 Å². The second-order valence-corrected chi connectivity index (χ2v) is 13.4. The van der Waals surface area contributed by atoms with Crippen LogP contribution in [0, 0.1) is 0 Å². The summed E-state index contributed by atoms with van der Waals surface area (Å²) in [5.41, 5.74) is 8.22. The highest BCUT2D eigenvalue weighted by Gasteiger charge is 2.16. The molecule has 0 amide bonds. The summed E-state index contributed by atoms with van der Waals surface area (Å²) in [4.78, 5) is 28.3. The summed E-state index contributed by atoms with van der Waals surface area (Å²) in [6, 6.07) is 53.5. The third-order valence-electron chi connectivity index (χ3n) is 9.39. The lowest BCUT2D eigenvalue weighted by Crippen LogP contribution is -2.11. The third-order valence-corrected chi connectivity index (χ3v) is 9.39. The molecule has 0 aliphatic carbocycles. The van der Waals surface area contributed by atoms with Gasteiger partial charge in [-0.1, -0.05) is 98.5 Å². The van der Waals surface area contributed by atoms with Gasteiger partial charge in [0.1, 0.15) is 17.3 Å². The molecule has 6 rings (SSSR count). The smallest absolute Gasteiger partial charge is 0.311 e. The lowest BCUT2D eigenvalue weighted by molar-refractivity contribution is -0.134. The van der Waals surface area contributed by atoms with Crippen LogP contribution in [-0.2, 0) is 9.59 Å². The van der Waals surface area contributed by atoms with Crippen molar-refractivity contribution in [2.75, 3.05) is 16.9 Å². The number of hydrogen-bond acceptors (Lipinski definition) is 6. The Hall–Kier alpha value is -6.14. The Morgan fingerprint density at radius 1 is 0.444 bits per heavy atom. The summed E-state index contributed by atoms with van der Waals surface area (Å²) in [5, 5.41) is 0. The molecule has 274 valence electrons. The summed E-state index contributed by atoms with van der Waals surface area (Å²) >= 11 is 0. The van der Waals surface area contributed by atoms with Gasteiger partial charge in [0.25, 0.3) is 0 Å². The van der Waals surface area contributed by atoms with E-state index in [1.807, 2.05) is 78.9 Å². The largest absolute Gasteiger partial charge is 0.497 e. The number of benzene rings is 6. The van der Waals surface area contributed by atoms with Crippen LogP contribution in [0.3, 0.4) is 0 Å². The van der Waals surface area contributed by atoms with Gasteiger partial charge in [-0.05, 0) is 104 Å². The van der Waals surface area contributed by atoms with E-state index >= 15 is 0 Å². The monoisotopic (exact) mass is 716 g/mol. The first kappa shape index (κ1) is 37.6. The highest BCUT2D eigenvalue weighted by atomic mass is 16.5. The van der Waals surface area contributed by atoms with E-state index in [2.05, 4.69) is 88.7 Å². The molecule has 0 fully saturated rings. The minimum Gasteiger partial charge on any atom is -0.497 e. The maximum Gasteiger partial charge on any atom is 0.311 e. The molecule has 0 unspecified atom stereocenters. The van der Waals surface area contributed by atoms with E-state index in [9.17, 15) is 9.59 Å². The van der Waals surface area contributed by atoms with Crippen LogP contribution < -0.4 is 19.3 Å². The molecule has 6 aromatic carbocycles. The highest BCUT2D eigenvalue weighted by molar-refractivity contribution is 5.82. The number of methoxy groups -OCH3 is 1. The molecule has 6 nitrogen and oxygen atoms in total. The van der Waals surface area contributed by atoms with Crippen molar-refractivity contribution in [3.63, 3.8) is 0 Å². The summed E-state index contributed by atoms with van der Waals surface area (Å²) in [7, 11) is 1.69. The fraction of sp³-hybridized carbons (Fsp3) is 0.208. The Morgan fingerprint density at radius 2 is 0.852 bits per heavy atom. The molecule has 0 radical (unpaired) electrons. The first-order valence-electron chi connectivity index (χ1n) is 18.8. The molecular formula is C48H48N2O4. The summed E-state index contributed by atoms with van der Waals surface area (Å²) < 4.78 is 11.3. The number of anilines is 6. The second-order valence-electron chi connectivity index (χ2n) is 13.4. The summed E-state index contributed by atoms with van der Waals surface area (Å²) in [6.45, 7) is 1.64. The molecule has 0 saturated carbocycles. The topological polar surface area (TPSA) is 59.1 Å². The number of carbonyl (C=O) groups excluding carboxylic acids is 2. The summed E-state index contributed by atoms with van der Waals surface area (Å²) in [5.74, 6) is 1.36. The van der Waals surface area contributed by atoms with Crippen LogP contribution in [0.5, 0.6) is 11.5 Å². The van der Waals surface area contributed by atoms with Crippen molar-refractivity contribution in [1.82, 2.24) is 0 Å². The molecule has 0 bridgehead atoms. The Balaban J connectivity index is 1.16. The Morgan fingerprint density at radius 3 is 1.33 bits per heavy atom. The molecule has 0 aromatic heterocycles. The quantitative estimate of drug-likeness (QED) is 0.0501. The molecule has 0 aliphatic rings. The molecule has 6 heteroatoms. The zero-order valence-electron chi connectivity index (χ0n) is 31.2. The maximum absolute atomic E-state index is 12.8. The Labute approximate surface area is 319 Å². The normalized spacial score (nSPS) is 10.8. The average molecular weight is 717 g/mol. The van der Waals surface area contributed by atoms with Crippen molar-refractivity contribution in [3.05, 3.63) is 158 Å². The minimum atomic E-state index is -0.222. The molecule has 0 N–H and O–H groups in total. The number of ether oxygens (including phenoxy) is 2. The summed E-state index contributed by atoms with van der Waals surface area (Å²) in [6.07, 6.45) is 6.98. The molecule has 6 aromatic rings. The van der Waals surface area contributed by atoms with E-state index in [-0.39, 0.29) is 11.8 Å². The Bertz CT molecular complexity index is 2080. The van der Waals surface area contributed by atoms with Gasteiger partial charge in [0.05, 0.1) is 7.11 Å². The molecule has 0 heterocycles. The molecule has 0 spiro atoms. The number of Topliss-reactive ketones (excluding diaryl/α,β-unsaturated/α-hetero) is 1. The van der Waals surface area contributed by atoms with Gasteiger partial charge < -0.3 is 24.1 Å². The van der Waals surface area contributed by atoms with Crippen LogP contribution >= 0.6 is 0 Å². The molecule has 0 saturated heterocycles. The number of rotatable bonds is 18. The standard InChI is InChI=1S/C48H48N2O4/c1-37(51)17-9-5-3-4-6-14-26-48(52)54-47-25-16-23-45(36-47)50(41-20-12-8-13-21-41)43-33-29-39(30-34-43)38-27-31-42(32-28-38)49(40-18-10-7-11-19-40)44-22-15-24-46(35-44)53-2/h7-8,10-13,15-16,18-25,27-36H,3-6,9,14,17,26H2,1-2H3. The van der Waals surface area contributed by atoms with Gasteiger partial charge in [-0.3, -0.25) is 4.79 Å². The lowest BCUT2D eigenvalue weighted by atomic mass is 10.0. The first-order chi connectivity index (χ1) is 26.5. The number of para-hydroxylation sites is 2. The highest BCUT2D eigenvalue weighted by Crippen LogP contribution is 2.39. The van der Waals surface area contributed by atoms with Crippen molar-refractivity contribution in [2.45, 2.75) is 58.3 Å². The average Bonchev–Trinajstić information content (AvgIpc) is 3.21. The zero-order valence-corrected chi connectivity index (χ0v) is 31.2. The molecule has 0 atom stereocenters. The zero-order chi connectivity index (χ0) is 37.5. The number of esters is 1.